The highest BCUT2D eigenvalue weighted by Gasteiger charge is 2.15. The minimum Gasteiger partial charge on any atom is -0.393 e. The Labute approximate surface area is 119 Å². The molecule has 1 aromatic heterocycles. The van der Waals surface area contributed by atoms with Gasteiger partial charge in [0, 0.05) is 11.2 Å². The Hall–Kier alpha value is -2.30. The van der Waals surface area contributed by atoms with Gasteiger partial charge in [-0.2, -0.15) is 0 Å². The van der Waals surface area contributed by atoms with Crippen molar-refractivity contribution in [1.82, 2.24) is 9.97 Å². The zero-order valence-electron chi connectivity index (χ0n) is 12.4. The molecule has 0 saturated carbocycles. The Morgan fingerprint density at radius 2 is 1.70 bits per heavy atom. The highest BCUT2D eigenvalue weighted by molar-refractivity contribution is 5.78. The lowest BCUT2D eigenvalue weighted by Gasteiger charge is -2.23. The number of hydrogen-bond donors (Lipinski definition) is 3. The first-order valence-electron chi connectivity index (χ1n) is 6.58. The van der Waals surface area contributed by atoms with Crippen molar-refractivity contribution in [1.29, 1.82) is 0 Å². The summed E-state index contributed by atoms with van der Waals surface area (Å²) >= 11 is 0. The minimum atomic E-state index is -0.109. The van der Waals surface area contributed by atoms with Gasteiger partial charge in [-0.1, -0.05) is 18.2 Å². The Balaban J connectivity index is 2.30. The Morgan fingerprint density at radius 3 is 2.35 bits per heavy atom. The van der Waals surface area contributed by atoms with Gasteiger partial charge in [0.05, 0.1) is 0 Å². The summed E-state index contributed by atoms with van der Waals surface area (Å²) in [5.74, 6) is 1.25. The average molecular weight is 271 g/mol. The predicted octanol–water partition coefficient (Wildman–Crippen LogP) is 3.32. The number of benzene rings is 1. The third kappa shape index (κ3) is 3.38. The molecule has 0 amide bonds. The average Bonchev–Trinajstić information content (AvgIpc) is 2.35. The van der Waals surface area contributed by atoms with Gasteiger partial charge in [-0.15, -0.1) is 0 Å². The zero-order chi connectivity index (χ0) is 14.8. The molecule has 0 bridgehead atoms. The van der Waals surface area contributed by atoms with Gasteiger partial charge in [0.15, 0.2) is 11.6 Å². The molecule has 106 valence electrons. The minimum absolute atomic E-state index is 0.109. The second-order valence-corrected chi connectivity index (χ2v) is 5.80. The molecule has 0 aliphatic carbocycles. The molecule has 1 heterocycles. The smallest absolute Gasteiger partial charge is 0.159 e. The molecule has 0 fully saturated rings. The number of aryl methyl sites for hydroxylation is 1. The molecular formula is C15H21N5. The molecule has 0 unspecified atom stereocenters. The topological polar surface area (TPSA) is 75.9 Å². The molecule has 0 radical (unpaired) electrons. The Bertz CT molecular complexity index is 601. The van der Waals surface area contributed by atoms with Crippen LogP contribution >= 0.6 is 0 Å². The SMILES string of the molecule is Cc1ccccc1Nc1ncnc(NC(C)(C)C)c1N. The van der Waals surface area contributed by atoms with Crippen molar-refractivity contribution in [2.45, 2.75) is 33.2 Å². The van der Waals surface area contributed by atoms with Crippen LogP contribution in [0, 0.1) is 6.92 Å². The van der Waals surface area contributed by atoms with Crippen LogP contribution in [0.5, 0.6) is 0 Å². The highest BCUT2D eigenvalue weighted by Crippen LogP contribution is 2.28. The van der Waals surface area contributed by atoms with Gasteiger partial charge in [0.25, 0.3) is 0 Å². The third-order valence-corrected chi connectivity index (χ3v) is 2.78. The van der Waals surface area contributed by atoms with E-state index in [4.69, 9.17) is 5.73 Å². The molecular weight excluding hydrogens is 250 g/mol. The number of nitrogens with zero attached hydrogens (tertiary/aromatic N) is 2. The van der Waals surface area contributed by atoms with Gasteiger partial charge in [-0.3, -0.25) is 0 Å². The van der Waals surface area contributed by atoms with Crippen molar-refractivity contribution >= 4 is 23.0 Å². The fraction of sp³-hybridized carbons (Fsp3) is 0.333. The van der Waals surface area contributed by atoms with Crippen LogP contribution in [-0.4, -0.2) is 15.5 Å². The molecule has 20 heavy (non-hydrogen) atoms. The van der Waals surface area contributed by atoms with Crippen molar-refractivity contribution < 1.29 is 0 Å². The van der Waals surface area contributed by atoms with E-state index in [9.17, 15) is 0 Å². The first-order chi connectivity index (χ1) is 9.37. The van der Waals surface area contributed by atoms with Crippen LogP contribution in [-0.2, 0) is 0 Å². The number of rotatable bonds is 3. The van der Waals surface area contributed by atoms with E-state index in [0.29, 0.717) is 17.3 Å². The predicted molar refractivity (Wildman–Crippen MR) is 84.3 cm³/mol. The largest absolute Gasteiger partial charge is 0.393 e. The van der Waals surface area contributed by atoms with E-state index < -0.39 is 0 Å². The highest BCUT2D eigenvalue weighted by atomic mass is 15.1. The summed E-state index contributed by atoms with van der Waals surface area (Å²) < 4.78 is 0. The molecule has 5 nitrogen and oxygen atoms in total. The number of nitrogens with two attached hydrogens (primary N) is 1. The standard InChI is InChI=1S/C15H21N5/c1-10-7-5-6-8-11(10)19-13-12(16)14(18-9-17-13)20-15(2,3)4/h5-9H,16H2,1-4H3,(H2,17,18,19,20). The van der Waals surface area contributed by atoms with Crippen LogP contribution in [0.4, 0.5) is 23.0 Å². The number of anilines is 4. The monoisotopic (exact) mass is 271 g/mol. The van der Waals surface area contributed by atoms with E-state index in [1.54, 1.807) is 0 Å². The number of nitrogen functional groups attached to an aromatic ring is 1. The lowest BCUT2D eigenvalue weighted by atomic mass is 10.1. The van der Waals surface area contributed by atoms with Gasteiger partial charge in [-0.05, 0) is 39.3 Å². The number of nitrogens with one attached hydrogen (secondary N) is 2. The fourth-order valence-electron chi connectivity index (χ4n) is 1.79. The molecule has 0 spiro atoms. The molecule has 4 N–H and O–H groups in total. The van der Waals surface area contributed by atoms with Crippen molar-refractivity contribution in [3.8, 4) is 0 Å². The molecule has 0 atom stereocenters. The van der Waals surface area contributed by atoms with E-state index in [2.05, 4.69) is 41.4 Å². The maximum Gasteiger partial charge on any atom is 0.159 e. The number of hydrogen-bond acceptors (Lipinski definition) is 5. The molecule has 5 heteroatoms. The lowest BCUT2D eigenvalue weighted by molar-refractivity contribution is 0.630. The van der Waals surface area contributed by atoms with E-state index in [0.717, 1.165) is 11.3 Å². The van der Waals surface area contributed by atoms with Crippen LogP contribution in [0.3, 0.4) is 0 Å². The maximum atomic E-state index is 6.14. The second-order valence-electron chi connectivity index (χ2n) is 5.80. The lowest BCUT2D eigenvalue weighted by Crippen LogP contribution is -2.27. The summed E-state index contributed by atoms with van der Waals surface area (Å²) in [5.41, 5.74) is 8.67. The van der Waals surface area contributed by atoms with Crippen LogP contribution in [0.2, 0.25) is 0 Å². The van der Waals surface area contributed by atoms with Crippen LogP contribution < -0.4 is 16.4 Å². The van der Waals surface area contributed by atoms with Gasteiger partial charge < -0.3 is 16.4 Å². The number of aromatic nitrogens is 2. The third-order valence-electron chi connectivity index (χ3n) is 2.78. The first kappa shape index (κ1) is 14.1. The van der Waals surface area contributed by atoms with Gasteiger partial charge in [0.1, 0.15) is 12.0 Å². The summed E-state index contributed by atoms with van der Waals surface area (Å²) in [6.07, 6.45) is 1.50. The van der Waals surface area contributed by atoms with Gasteiger partial charge in [0.2, 0.25) is 0 Å². The van der Waals surface area contributed by atoms with E-state index in [1.165, 1.54) is 6.33 Å². The summed E-state index contributed by atoms with van der Waals surface area (Å²) in [7, 11) is 0. The van der Waals surface area contributed by atoms with Crippen LogP contribution in [0.1, 0.15) is 26.3 Å². The van der Waals surface area contributed by atoms with Crippen LogP contribution in [0.15, 0.2) is 30.6 Å². The van der Waals surface area contributed by atoms with E-state index in [-0.39, 0.29) is 5.54 Å². The molecule has 0 aliphatic rings. The van der Waals surface area contributed by atoms with Crippen molar-refractivity contribution in [3.05, 3.63) is 36.2 Å². The maximum absolute atomic E-state index is 6.14. The summed E-state index contributed by atoms with van der Waals surface area (Å²) in [6.45, 7) is 8.21. The van der Waals surface area contributed by atoms with E-state index >= 15 is 0 Å². The van der Waals surface area contributed by atoms with Crippen molar-refractivity contribution in [2.24, 2.45) is 0 Å². The molecule has 1 aromatic carbocycles. The summed E-state index contributed by atoms with van der Waals surface area (Å²) in [4.78, 5) is 8.42. The normalized spacial score (nSPS) is 11.2. The Morgan fingerprint density at radius 1 is 1.05 bits per heavy atom. The van der Waals surface area contributed by atoms with E-state index in [1.807, 2.05) is 31.2 Å². The summed E-state index contributed by atoms with van der Waals surface area (Å²) in [6, 6.07) is 8.00. The van der Waals surface area contributed by atoms with Gasteiger partial charge >= 0.3 is 0 Å². The first-order valence-corrected chi connectivity index (χ1v) is 6.58. The van der Waals surface area contributed by atoms with Crippen molar-refractivity contribution in [3.63, 3.8) is 0 Å². The molecule has 2 aromatic rings. The number of para-hydroxylation sites is 1. The quantitative estimate of drug-likeness (QED) is 0.798. The zero-order valence-corrected chi connectivity index (χ0v) is 12.4. The summed E-state index contributed by atoms with van der Waals surface area (Å²) in [5, 5.41) is 6.52. The van der Waals surface area contributed by atoms with Gasteiger partial charge in [-0.25, -0.2) is 9.97 Å². The molecule has 2 rings (SSSR count). The second kappa shape index (κ2) is 5.36. The fourth-order valence-corrected chi connectivity index (χ4v) is 1.79. The van der Waals surface area contributed by atoms with Crippen molar-refractivity contribution in [2.75, 3.05) is 16.4 Å². The molecule has 0 saturated heterocycles. The molecule has 0 aliphatic heterocycles. The van der Waals surface area contributed by atoms with Crippen LogP contribution in [0.25, 0.3) is 0 Å². The Kier molecular flexibility index (Phi) is 3.79.